The van der Waals surface area contributed by atoms with Crippen LogP contribution >= 0.6 is 0 Å². The highest BCUT2D eigenvalue weighted by molar-refractivity contribution is 5.89. The predicted molar refractivity (Wildman–Crippen MR) is 93.5 cm³/mol. The Kier molecular flexibility index (Phi) is 4.74. The number of ether oxygens (including phenoxy) is 1. The van der Waals surface area contributed by atoms with Crippen LogP contribution in [-0.2, 0) is 28.0 Å². The summed E-state index contributed by atoms with van der Waals surface area (Å²) in [6.07, 6.45) is 1.23. The van der Waals surface area contributed by atoms with Gasteiger partial charge in [-0.1, -0.05) is 49.4 Å². The van der Waals surface area contributed by atoms with Gasteiger partial charge in [-0.05, 0) is 29.2 Å². The van der Waals surface area contributed by atoms with Gasteiger partial charge in [-0.25, -0.2) is 4.79 Å². The molecule has 130 valence electrons. The first kappa shape index (κ1) is 17.0. The van der Waals surface area contributed by atoms with Gasteiger partial charge in [0.2, 0.25) is 5.91 Å². The van der Waals surface area contributed by atoms with E-state index in [2.05, 4.69) is 5.32 Å². The fourth-order valence-corrected chi connectivity index (χ4v) is 3.23. The third-order valence-electron chi connectivity index (χ3n) is 4.63. The van der Waals surface area contributed by atoms with Crippen LogP contribution in [0.5, 0.6) is 5.75 Å². The molecule has 0 aromatic heterocycles. The van der Waals surface area contributed by atoms with E-state index in [0.29, 0.717) is 12.2 Å². The molecule has 0 aliphatic carbocycles. The average molecular weight is 339 g/mol. The highest BCUT2D eigenvalue weighted by Crippen LogP contribution is 2.27. The van der Waals surface area contributed by atoms with Crippen LogP contribution in [0.25, 0.3) is 0 Å². The first-order valence-electron chi connectivity index (χ1n) is 8.39. The highest BCUT2D eigenvalue weighted by Gasteiger charge is 2.40. The van der Waals surface area contributed by atoms with Crippen LogP contribution in [-0.4, -0.2) is 23.6 Å². The minimum absolute atomic E-state index is 0.134. The molecule has 0 bridgehead atoms. The molecule has 5 heteroatoms. The maximum atomic E-state index is 12.6. The number of benzene rings is 2. The first-order valence-corrected chi connectivity index (χ1v) is 8.39. The molecule has 1 amide bonds. The van der Waals surface area contributed by atoms with Crippen molar-refractivity contribution in [3.8, 4) is 5.75 Å². The molecule has 0 radical (unpaired) electrons. The predicted octanol–water partition coefficient (Wildman–Crippen LogP) is 2.67. The summed E-state index contributed by atoms with van der Waals surface area (Å²) in [5.41, 5.74) is 1.09. The van der Waals surface area contributed by atoms with E-state index in [0.717, 1.165) is 23.3 Å². The zero-order valence-electron chi connectivity index (χ0n) is 14.1. The third kappa shape index (κ3) is 3.36. The summed E-state index contributed by atoms with van der Waals surface area (Å²) in [4.78, 5) is 24.5. The molecule has 0 saturated carbocycles. The van der Waals surface area contributed by atoms with Gasteiger partial charge in [-0.2, -0.15) is 0 Å². The van der Waals surface area contributed by atoms with E-state index >= 15 is 0 Å². The number of aliphatic carboxylic acids is 1. The summed E-state index contributed by atoms with van der Waals surface area (Å²) < 4.78 is 5.47. The second-order valence-electron chi connectivity index (χ2n) is 6.20. The van der Waals surface area contributed by atoms with Crippen LogP contribution < -0.4 is 10.1 Å². The molecule has 1 heterocycles. The Morgan fingerprint density at radius 1 is 1.20 bits per heavy atom. The van der Waals surface area contributed by atoms with Crippen molar-refractivity contribution in [1.82, 2.24) is 5.32 Å². The van der Waals surface area contributed by atoms with E-state index in [1.54, 1.807) is 31.2 Å². The summed E-state index contributed by atoms with van der Waals surface area (Å²) in [6, 6.07) is 14.5. The number of carbonyl (C=O) groups excluding carboxylic acids is 1. The Bertz CT molecular complexity index is 788. The fourth-order valence-electron chi connectivity index (χ4n) is 3.23. The highest BCUT2D eigenvalue weighted by atomic mass is 16.5. The van der Waals surface area contributed by atoms with Crippen LogP contribution in [0.2, 0.25) is 0 Å². The standard InChI is InChI=1S/C20H21NO4/c1-2-20(19(23)24,16-6-4-3-5-7-16)21-18(22)13-14-8-9-17-15(12-14)10-11-25-17/h3-9,12H,2,10-11,13H2,1H3,(H,21,22)(H,23,24). The molecular formula is C20H21NO4. The minimum atomic E-state index is -1.42. The molecule has 25 heavy (non-hydrogen) atoms. The van der Waals surface area contributed by atoms with Gasteiger partial charge in [0.15, 0.2) is 5.54 Å². The van der Waals surface area contributed by atoms with Crippen LogP contribution in [0, 0.1) is 0 Å². The quantitative estimate of drug-likeness (QED) is 0.848. The van der Waals surface area contributed by atoms with Crippen LogP contribution in [0.4, 0.5) is 0 Å². The normalized spacial score (nSPS) is 14.9. The van der Waals surface area contributed by atoms with E-state index < -0.39 is 11.5 Å². The number of carboxylic acid groups (broad SMARTS) is 1. The summed E-state index contributed by atoms with van der Waals surface area (Å²) in [5.74, 6) is -0.509. The number of fused-ring (bicyclic) bond motifs is 1. The molecule has 1 atom stereocenters. The fraction of sp³-hybridized carbons (Fsp3) is 0.300. The van der Waals surface area contributed by atoms with E-state index in [1.807, 2.05) is 24.3 Å². The van der Waals surface area contributed by atoms with Crippen LogP contribution in [0.15, 0.2) is 48.5 Å². The van der Waals surface area contributed by atoms with Crippen LogP contribution in [0.3, 0.4) is 0 Å². The van der Waals surface area contributed by atoms with E-state index in [4.69, 9.17) is 4.74 Å². The number of carbonyl (C=O) groups is 2. The maximum Gasteiger partial charge on any atom is 0.334 e. The Morgan fingerprint density at radius 3 is 2.64 bits per heavy atom. The lowest BCUT2D eigenvalue weighted by Crippen LogP contribution is -2.52. The molecule has 1 aliphatic rings. The zero-order chi connectivity index (χ0) is 17.9. The van der Waals surface area contributed by atoms with Crippen molar-refractivity contribution in [3.05, 3.63) is 65.2 Å². The van der Waals surface area contributed by atoms with Crippen molar-refractivity contribution in [2.45, 2.75) is 31.7 Å². The lowest BCUT2D eigenvalue weighted by atomic mass is 9.87. The molecule has 1 aliphatic heterocycles. The van der Waals surface area contributed by atoms with Crippen LogP contribution in [0.1, 0.15) is 30.0 Å². The minimum Gasteiger partial charge on any atom is -0.493 e. The van der Waals surface area contributed by atoms with E-state index in [9.17, 15) is 14.7 Å². The Morgan fingerprint density at radius 2 is 1.96 bits per heavy atom. The molecule has 2 aromatic rings. The lowest BCUT2D eigenvalue weighted by Gasteiger charge is -2.30. The lowest BCUT2D eigenvalue weighted by molar-refractivity contribution is -0.148. The SMILES string of the molecule is CCC(NC(=O)Cc1ccc2c(c1)CCO2)(C(=O)O)c1ccccc1. The molecular weight excluding hydrogens is 318 g/mol. The summed E-state index contributed by atoms with van der Waals surface area (Å²) >= 11 is 0. The van der Waals surface area contributed by atoms with Gasteiger partial charge in [0, 0.05) is 6.42 Å². The topological polar surface area (TPSA) is 75.6 Å². The van der Waals surface area contributed by atoms with Crippen molar-refractivity contribution in [3.63, 3.8) is 0 Å². The number of hydrogen-bond acceptors (Lipinski definition) is 3. The van der Waals surface area contributed by atoms with Gasteiger partial charge >= 0.3 is 5.97 Å². The molecule has 5 nitrogen and oxygen atoms in total. The maximum absolute atomic E-state index is 12.6. The molecule has 2 aromatic carbocycles. The number of amides is 1. The Balaban J connectivity index is 1.80. The first-order chi connectivity index (χ1) is 12.0. The molecule has 0 fully saturated rings. The smallest absolute Gasteiger partial charge is 0.334 e. The molecule has 1 unspecified atom stereocenters. The third-order valence-corrected chi connectivity index (χ3v) is 4.63. The van der Waals surface area contributed by atoms with E-state index in [1.165, 1.54) is 0 Å². The Hall–Kier alpha value is -2.82. The van der Waals surface area contributed by atoms with Crippen molar-refractivity contribution >= 4 is 11.9 Å². The van der Waals surface area contributed by atoms with Gasteiger partial charge in [-0.15, -0.1) is 0 Å². The van der Waals surface area contributed by atoms with Crippen molar-refractivity contribution in [1.29, 1.82) is 0 Å². The van der Waals surface area contributed by atoms with Crippen molar-refractivity contribution < 1.29 is 19.4 Å². The number of nitrogens with one attached hydrogen (secondary N) is 1. The molecule has 3 rings (SSSR count). The molecule has 0 saturated heterocycles. The second kappa shape index (κ2) is 6.97. The molecule has 0 spiro atoms. The number of carboxylic acids is 1. The monoisotopic (exact) mass is 339 g/mol. The summed E-state index contributed by atoms with van der Waals surface area (Å²) in [7, 11) is 0. The average Bonchev–Trinajstić information content (AvgIpc) is 3.08. The molecule has 2 N–H and O–H groups in total. The van der Waals surface area contributed by atoms with Gasteiger partial charge in [0.25, 0.3) is 0 Å². The Labute approximate surface area is 146 Å². The van der Waals surface area contributed by atoms with Gasteiger partial charge in [0.05, 0.1) is 13.0 Å². The zero-order valence-corrected chi connectivity index (χ0v) is 14.1. The van der Waals surface area contributed by atoms with Gasteiger partial charge < -0.3 is 15.2 Å². The summed E-state index contributed by atoms with van der Waals surface area (Å²) in [5, 5.41) is 12.5. The van der Waals surface area contributed by atoms with Gasteiger partial charge in [0.1, 0.15) is 5.75 Å². The van der Waals surface area contributed by atoms with Gasteiger partial charge in [-0.3, -0.25) is 4.79 Å². The van der Waals surface area contributed by atoms with Crippen molar-refractivity contribution in [2.75, 3.05) is 6.61 Å². The summed E-state index contributed by atoms with van der Waals surface area (Å²) in [6.45, 7) is 2.42. The largest absolute Gasteiger partial charge is 0.493 e. The second-order valence-corrected chi connectivity index (χ2v) is 6.20. The van der Waals surface area contributed by atoms with Crippen molar-refractivity contribution in [2.24, 2.45) is 0 Å². The van der Waals surface area contributed by atoms with E-state index in [-0.39, 0.29) is 18.7 Å². The number of rotatable bonds is 6. The number of hydrogen-bond donors (Lipinski definition) is 2.